The summed E-state index contributed by atoms with van der Waals surface area (Å²) in [5.74, 6) is -1.57. The number of rotatable bonds is 4. The Labute approximate surface area is 103 Å². The van der Waals surface area contributed by atoms with Gasteiger partial charge in [-0.05, 0) is 6.92 Å². The molecular formula is C10H16N2O6. The summed E-state index contributed by atoms with van der Waals surface area (Å²) in [5, 5.41) is 26.8. The molecule has 1 rings (SSSR count). The number of aliphatic hydroxyl groups is 1. The second kappa shape index (κ2) is 5.67. The van der Waals surface area contributed by atoms with E-state index in [1.165, 1.54) is 11.8 Å². The van der Waals surface area contributed by atoms with Gasteiger partial charge in [0.15, 0.2) is 0 Å². The topological polar surface area (TPSA) is 118 Å². The molecular weight excluding hydrogens is 244 g/mol. The van der Waals surface area contributed by atoms with Gasteiger partial charge in [-0.2, -0.15) is 0 Å². The van der Waals surface area contributed by atoms with Gasteiger partial charge in [-0.25, -0.2) is 4.79 Å². The molecule has 102 valence electrons. The summed E-state index contributed by atoms with van der Waals surface area (Å²) in [7, 11) is 0. The van der Waals surface area contributed by atoms with Crippen molar-refractivity contribution in [2.45, 2.75) is 25.5 Å². The van der Waals surface area contributed by atoms with Crippen molar-refractivity contribution in [3.63, 3.8) is 0 Å². The van der Waals surface area contributed by atoms with E-state index >= 15 is 0 Å². The summed E-state index contributed by atoms with van der Waals surface area (Å²) in [6.45, 7) is 1.68. The Morgan fingerprint density at radius 2 is 2.00 bits per heavy atom. The molecule has 18 heavy (non-hydrogen) atoms. The number of amides is 2. The molecule has 2 amide bonds. The quantitative estimate of drug-likeness (QED) is 0.598. The maximum Gasteiger partial charge on any atom is 0.408 e. The van der Waals surface area contributed by atoms with Crippen LogP contribution in [0.1, 0.15) is 13.3 Å². The lowest BCUT2D eigenvalue weighted by Crippen LogP contribution is -2.58. The van der Waals surface area contributed by atoms with E-state index in [1.54, 1.807) is 0 Å². The number of carbonyl (C=O) groups is 3. The molecule has 1 fully saturated rings. The van der Waals surface area contributed by atoms with Crippen LogP contribution in [0.25, 0.3) is 0 Å². The number of aliphatic carboxylic acids is 1. The van der Waals surface area contributed by atoms with Gasteiger partial charge < -0.3 is 20.2 Å². The Bertz CT molecular complexity index is 358. The van der Waals surface area contributed by atoms with Gasteiger partial charge in [0, 0.05) is 19.6 Å². The van der Waals surface area contributed by atoms with Crippen LogP contribution in [0, 0.1) is 0 Å². The summed E-state index contributed by atoms with van der Waals surface area (Å²) in [4.78, 5) is 35.3. The van der Waals surface area contributed by atoms with Crippen molar-refractivity contribution in [1.29, 1.82) is 0 Å². The van der Waals surface area contributed by atoms with Crippen molar-refractivity contribution in [3.8, 4) is 0 Å². The monoisotopic (exact) mass is 260 g/mol. The zero-order valence-corrected chi connectivity index (χ0v) is 9.94. The highest BCUT2D eigenvalue weighted by Crippen LogP contribution is 2.12. The van der Waals surface area contributed by atoms with Crippen LogP contribution in [-0.4, -0.2) is 74.9 Å². The molecule has 2 atom stereocenters. The van der Waals surface area contributed by atoms with E-state index in [0.717, 1.165) is 4.90 Å². The average Bonchev–Trinajstić information content (AvgIpc) is 2.23. The molecule has 0 aromatic rings. The van der Waals surface area contributed by atoms with Crippen LogP contribution in [0.2, 0.25) is 0 Å². The van der Waals surface area contributed by atoms with Crippen molar-refractivity contribution < 1.29 is 29.7 Å². The highest BCUT2D eigenvalue weighted by Gasteiger charge is 2.34. The Morgan fingerprint density at radius 3 is 2.50 bits per heavy atom. The van der Waals surface area contributed by atoms with E-state index in [9.17, 15) is 19.5 Å². The van der Waals surface area contributed by atoms with E-state index in [-0.39, 0.29) is 19.6 Å². The number of carbonyl (C=O) groups excluding carboxylic acids is 1. The minimum Gasteiger partial charge on any atom is -0.481 e. The summed E-state index contributed by atoms with van der Waals surface area (Å²) in [6.07, 6.45) is -2.75. The van der Waals surface area contributed by atoms with E-state index in [1.807, 2.05) is 0 Å². The number of hydrogen-bond acceptors (Lipinski definition) is 4. The lowest BCUT2D eigenvalue weighted by molar-refractivity contribution is -0.145. The first kappa shape index (κ1) is 14.2. The predicted octanol–water partition coefficient (Wildman–Crippen LogP) is -0.967. The lowest BCUT2D eigenvalue weighted by Gasteiger charge is -2.38. The summed E-state index contributed by atoms with van der Waals surface area (Å²) < 4.78 is 0. The fourth-order valence-corrected chi connectivity index (χ4v) is 1.89. The molecule has 8 heteroatoms. The molecule has 0 saturated carbocycles. The van der Waals surface area contributed by atoms with Crippen LogP contribution >= 0.6 is 0 Å². The van der Waals surface area contributed by atoms with Crippen molar-refractivity contribution >= 4 is 18.0 Å². The number of aliphatic hydroxyl groups excluding tert-OH is 1. The van der Waals surface area contributed by atoms with Crippen LogP contribution in [0.5, 0.6) is 0 Å². The first-order valence-corrected chi connectivity index (χ1v) is 5.51. The number of carboxylic acids is 1. The molecule has 0 spiro atoms. The van der Waals surface area contributed by atoms with Gasteiger partial charge in [0.1, 0.15) is 6.04 Å². The van der Waals surface area contributed by atoms with Crippen LogP contribution in [0.4, 0.5) is 4.79 Å². The van der Waals surface area contributed by atoms with Gasteiger partial charge >= 0.3 is 12.1 Å². The molecule has 0 aliphatic carbocycles. The maximum absolute atomic E-state index is 11.8. The van der Waals surface area contributed by atoms with Crippen LogP contribution in [0.3, 0.4) is 0 Å². The van der Waals surface area contributed by atoms with E-state index in [2.05, 4.69) is 0 Å². The third kappa shape index (κ3) is 3.33. The second-order valence-electron chi connectivity index (χ2n) is 4.19. The highest BCUT2D eigenvalue weighted by atomic mass is 16.4. The fraction of sp³-hybridized carbons (Fsp3) is 0.700. The van der Waals surface area contributed by atoms with Gasteiger partial charge in [0.2, 0.25) is 5.91 Å². The first-order chi connectivity index (χ1) is 8.32. The summed E-state index contributed by atoms with van der Waals surface area (Å²) in [6, 6.07) is -0.812. The standard InChI is InChI=1S/C10H16N2O6/c1-6-9(16)11(2-3-12(6)10(17)18)5-7(13)4-8(14)15/h6-7,13H,2-5H2,1H3,(H,14,15)(H,17,18). The molecule has 1 aliphatic rings. The zero-order chi connectivity index (χ0) is 13.9. The summed E-state index contributed by atoms with van der Waals surface area (Å²) >= 11 is 0. The fourth-order valence-electron chi connectivity index (χ4n) is 1.89. The third-order valence-electron chi connectivity index (χ3n) is 2.83. The molecule has 1 saturated heterocycles. The molecule has 0 aromatic carbocycles. The Kier molecular flexibility index (Phi) is 4.49. The first-order valence-electron chi connectivity index (χ1n) is 5.51. The van der Waals surface area contributed by atoms with Crippen molar-refractivity contribution in [2.24, 2.45) is 0 Å². The van der Waals surface area contributed by atoms with Crippen LogP contribution in [-0.2, 0) is 9.59 Å². The molecule has 1 heterocycles. The van der Waals surface area contributed by atoms with Gasteiger partial charge in [-0.3, -0.25) is 14.5 Å². The molecule has 1 aliphatic heterocycles. The van der Waals surface area contributed by atoms with Crippen LogP contribution < -0.4 is 0 Å². The predicted molar refractivity (Wildman–Crippen MR) is 59.0 cm³/mol. The van der Waals surface area contributed by atoms with Gasteiger partial charge in [0.25, 0.3) is 0 Å². The third-order valence-corrected chi connectivity index (χ3v) is 2.83. The molecule has 8 nitrogen and oxygen atoms in total. The number of hydrogen-bond donors (Lipinski definition) is 3. The van der Waals surface area contributed by atoms with Gasteiger partial charge in [0.05, 0.1) is 12.5 Å². The number of β-amino-alcohol motifs (C(OH)–C–C–N with tert-alkyl or cyclic N) is 1. The lowest BCUT2D eigenvalue weighted by atomic mass is 10.1. The molecule has 0 bridgehead atoms. The van der Waals surface area contributed by atoms with E-state index in [0.29, 0.717) is 0 Å². The second-order valence-corrected chi connectivity index (χ2v) is 4.19. The average molecular weight is 260 g/mol. The molecule has 2 unspecified atom stereocenters. The van der Waals surface area contributed by atoms with Gasteiger partial charge in [-0.1, -0.05) is 0 Å². The minimum absolute atomic E-state index is 0.0943. The van der Waals surface area contributed by atoms with Crippen molar-refractivity contribution in [1.82, 2.24) is 9.80 Å². The van der Waals surface area contributed by atoms with Gasteiger partial charge in [-0.15, -0.1) is 0 Å². The number of nitrogens with zero attached hydrogens (tertiary/aromatic N) is 2. The van der Waals surface area contributed by atoms with Crippen molar-refractivity contribution in [2.75, 3.05) is 19.6 Å². The van der Waals surface area contributed by atoms with Crippen LogP contribution in [0.15, 0.2) is 0 Å². The normalized spacial score (nSPS) is 21.9. The van der Waals surface area contributed by atoms with Crippen molar-refractivity contribution in [3.05, 3.63) is 0 Å². The Morgan fingerprint density at radius 1 is 1.39 bits per heavy atom. The molecule has 0 radical (unpaired) electrons. The number of piperazine rings is 1. The summed E-state index contributed by atoms with van der Waals surface area (Å²) in [5.41, 5.74) is 0. The SMILES string of the molecule is CC1C(=O)N(CC(O)CC(=O)O)CCN1C(=O)O. The highest BCUT2D eigenvalue weighted by molar-refractivity contribution is 5.86. The Balaban J connectivity index is 2.58. The Hall–Kier alpha value is -1.83. The van der Waals surface area contributed by atoms with E-state index < -0.39 is 36.5 Å². The zero-order valence-electron chi connectivity index (χ0n) is 9.94. The van der Waals surface area contributed by atoms with E-state index in [4.69, 9.17) is 10.2 Å². The smallest absolute Gasteiger partial charge is 0.408 e. The largest absolute Gasteiger partial charge is 0.481 e. The maximum atomic E-state index is 11.8. The molecule has 3 N–H and O–H groups in total. The molecule has 0 aromatic heterocycles. The minimum atomic E-state index is -1.17. The number of carboxylic acid groups (broad SMARTS) is 2.